The average Bonchev–Trinajstić information content (AvgIpc) is 2.89. The van der Waals surface area contributed by atoms with E-state index in [1.165, 1.54) is 10.3 Å². The lowest BCUT2D eigenvalue weighted by Gasteiger charge is -2.06. The first kappa shape index (κ1) is 13.8. The van der Waals surface area contributed by atoms with Crippen LogP contribution >= 0.6 is 0 Å². The molecule has 0 unspecified atom stereocenters. The van der Waals surface area contributed by atoms with E-state index in [-0.39, 0.29) is 4.90 Å². The molecule has 0 amide bonds. The van der Waals surface area contributed by atoms with Crippen LogP contribution in [0.15, 0.2) is 47.8 Å². The van der Waals surface area contributed by atoms with E-state index in [2.05, 4.69) is 9.97 Å². The standard InChI is InChI=1S/C15H15N3O2S/c1-3-12-9-18(15-14(12)11(2)16-10-17-15)21(19,20)13-7-5-4-6-8-13/h4-10H,3H2,1-2H3. The van der Waals surface area contributed by atoms with E-state index in [4.69, 9.17) is 0 Å². The molecule has 0 aliphatic rings. The second kappa shape index (κ2) is 4.96. The molecule has 5 nitrogen and oxygen atoms in total. The monoisotopic (exact) mass is 301 g/mol. The molecule has 6 heteroatoms. The maximum absolute atomic E-state index is 12.8. The molecule has 21 heavy (non-hydrogen) atoms. The van der Waals surface area contributed by atoms with Gasteiger partial charge in [-0.15, -0.1) is 0 Å². The van der Waals surface area contributed by atoms with Gasteiger partial charge in [0.1, 0.15) is 6.33 Å². The molecule has 1 aromatic carbocycles. The van der Waals surface area contributed by atoms with E-state index < -0.39 is 10.0 Å². The molecule has 3 rings (SSSR count). The van der Waals surface area contributed by atoms with Crippen molar-refractivity contribution in [1.29, 1.82) is 0 Å². The molecular weight excluding hydrogens is 286 g/mol. The topological polar surface area (TPSA) is 64.8 Å². The highest BCUT2D eigenvalue weighted by atomic mass is 32.2. The molecule has 2 aromatic heterocycles. The van der Waals surface area contributed by atoms with Gasteiger partial charge in [0.15, 0.2) is 5.65 Å². The van der Waals surface area contributed by atoms with Gasteiger partial charge in [-0.25, -0.2) is 22.4 Å². The van der Waals surface area contributed by atoms with Crippen LogP contribution in [0.1, 0.15) is 18.2 Å². The predicted octanol–water partition coefficient (Wildman–Crippen LogP) is 2.54. The summed E-state index contributed by atoms with van der Waals surface area (Å²) in [5, 5.41) is 0.819. The summed E-state index contributed by atoms with van der Waals surface area (Å²) in [5.41, 5.74) is 2.16. The first-order valence-electron chi connectivity index (χ1n) is 6.68. The highest BCUT2D eigenvalue weighted by Crippen LogP contribution is 2.26. The van der Waals surface area contributed by atoms with Gasteiger partial charge in [-0.05, 0) is 31.0 Å². The molecule has 0 saturated heterocycles. The van der Waals surface area contributed by atoms with Gasteiger partial charge in [0.05, 0.1) is 10.6 Å². The fourth-order valence-corrected chi connectivity index (χ4v) is 3.79. The third-order valence-corrected chi connectivity index (χ3v) is 5.16. The molecule has 0 spiro atoms. The molecule has 0 aliphatic carbocycles. The zero-order valence-electron chi connectivity index (χ0n) is 11.8. The number of hydrogen-bond acceptors (Lipinski definition) is 4. The van der Waals surface area contributed by atoms with Crippen LogP contribution in [0, 0.1) is 6.92 Å². The SMILES string of the molecule is CCc1cn(S(=O)(=O)c2ccccc2)c2ncnc(C)c12. The lowest BCUT2D eigenvalue weighted by Crippen LogP contribution is -2.12. The fourth-order valence-electron chi connectivity index (χ4n) is 2.43. The number of hydrogen-bond donors (Lipinski definition) is 0. The van der Waals surface area contributed by atoms with Crippen LogP contribution in [0.3, 0.4) is 0 Å². The van der Waals surface area contributed by atoms with E-state index >= 15 is 0 Å². The Morgan fingerprint density at radius 2 is 1.86 bits per heavy atom. The van der Waals surface area contributed by atoms with Gasteiger partial charge < -0.3 is 0 Å². The molecule has 0 N–H and O–H groups in total. The molecule has 0 saturated carbocycles. The zero-order valence-corrected chi connectivity index (χ0v) is 12.6. The van der Waals surface area contributed by atoms with Crippen molar-refractivity contribution in [3.05, 3.63) is 54.1 Å². The van der Waals surface area contributed by atoms with Gasteiger partial charge in [-0.3, -0.25) is 0 Å². The number of aromatic nitrogens is 3. The molecule has 2 heterocycles. The van der Waals surface area contributed by atoms with Crippen molar-refractivity contribution in [1.82, 2.24) is 13.9 Å². The highest BCUT2D eigenvalue weighted by molar-refractivity contribution is 7.90. The summed E-state index contributed by atoms with van der Waals surface area (Å²) in [6.07, 6.45) is 3.77. The Morgan fingerprint density at radius 3 is 2.52 bits per heavy atom. The summed E-state index contributed by atoms with van der Waals surface area (Å²) in [7, 11) is -3.65. The van der Waals surface area contributed by atoms with Gasteiger partial charge in [0, 0.05) is 11.6 Å². The molecular formula is C15H15N3O2S. The van der Waals surface area contributed by atoms with Crippen molar-refractivity contribution in [3.8, 4) is 0 Å². The molecule has 0 fully saturated rings. The second-order valence-electron chi connectivity index (χ2n) is 4.78. The predicted molar refractivity (Wildman–Crippen MR) is 80.7 cm³/mol. The first-order valence-corrected chi connectivity index (χ1v) is 8.12. The number of nitrogens with zero attached hydrogens (tertiary/aromatic N) is 3. The summed E-state index contributed by atoms with van der Waals surface area (Å²) >= 11 is 0. The molecule has 108 valence electrons. The van der Waals surface area contributed by atoms with Crippen LogP contribution < -0.4 is 0 Å². The first-order chi connectivity index (χ1) is 10.1. The molecule has 3 aromatic rings. The zero-order chi connectivity index (χ0) is 15.0. The third-order valence-electron chi connectivity index (χ3n) is 3.50. The van der Waals surface area contributed by atoms with Crippen LogP contribution in [-0.2, 0) is 16.4 Å². The fraction of sp³-hybridized carbons (Fsp3) is 0.200. The summed E-state index contributed by atoms with van der Waals surface area (Å²) in [5.74, 6) is 0. The quantitative estimate of drug-likeness (QED) is 0.745. The molecule has 0 radical (unpaired) electrons. The number of rotatable bonds is 3. The van der Waals surface area contributed by atoms with Crippen molar-refractivity contribution in [2.75, 3.05) is 0 Å². The maximum Gasteiger partial charge on any atom is 0.269 e. The molecule has 0 aliphatic heterocycles. The Bertz CT molecular complexity index is 899. The van der Waals surface area contributed by atoms with E-state index in [1.807, 2.05) is 13.8 Å². The van der Waals surface area contributed by atoms with Crippen molar-refractivity contribution in [2.24, 2.45) is 0 Å². The lowest BCUT2D eigenvalue weighted by atomic mass is 10.1. The van der Waals surface area contributed by atoms with E-state index in [0.29, 0.717) is 5.65 Å². The minimum absolute atomic E-state index is 0.251. The Hall–Kier alpha value is -2.21. The molecule has 0 bridgehead atoms. The number of fused-ring (bicyclic) bond motifs is 1. The van der Waals surface area contributed by atoms with Crippen LogP contribution in [0.4, 0.5) is 0 Å². The summed E-state index contributed by atoms with van der Waals surface area (Å²) < 4.78 is 26.8. The lowest BCUT2D eigenvalue weighted by molar-refractivity contribution is 0.588. The summed E-state index contributed by atoms with van der Waals surface area (Å²) in [4.78, 5) is 8.59. The largest absolute Gasteiger partial charge is 0.269 e. The van der Waals surface area contributed by atoms with Crippen LogP contribution in [0.2, 0.25) is 0 Å². The second-order valence-corrected chi connectivity index (χ2v) is 6.59. The highest BCUT2D eigenvalue weighted by Gasteiger charge is 2.22. The Morgan fingerprint density at radius 1 is 1.14 bits per heavy atom. The smallest absolute Gasteiger partial charge is 0.241 e. The Kier molecular flexibility index (Phi) is 3.25. The van der Waals surface area contributed by atoms with Crippen molar-refractivity contribution in [3.63, 3.8) is 0 Å². The van der Waals surface area contributed by atoms with Crippen molar-refractivity contribution < 1.29 is 8.42 Å². The van der Waals surface area contributed by atoms with Gasteiger partial charge in [0.25, 0.3) is 10.0 Å². The minimum atomic E-state index is -3.65. The van der Waals surface area contributed by atoms with Crippen LogP contribution in [0.25, 0.3) is 11.0 Å². The van der Waals surface area contributed by atoms with E-state index in [9.17, 15) is 8.42 Å². The molecule has 0 atom stereocenters. The Labute approximate surface area is 123 Å². The van der Waals surface area contributed by atoms with Gasteiger partial charge in [-0.1, -0.05) is 25.1 Å². The summed E-state index contributed by atoms with van der Waals surface area (Å²) in [6, 6.07) is 8.37. The minimum Gasteiger partial charge on any atom is -0.241 e. The average molecular weight is 301 g/mol. The van der Waals surface area contributed by atoms with Crippen LogP contribution in [0.5, 0.6) is 0 Å². The Balaban J connectivity index is 2.34. The van der Waals surface area contributed by atoms with Crippen LogP contribution in [-0.4, -0.2) is 22.4 Å². The van der Waals surface area contributed by atoms with Gasteiger partial charge in [0.2, 0.25) is 0 Å². The van der Waals surface area contributed by atoms with E-state index in [1.54, 1.807) is 36.5 Å². The maximum atomic E-state index is 12.8. The normalized spacial score (nSPS) is 11.9. The number of aryl methyl sites for hydroxylation is 2. The van der Waals surface area contributed by atoms with Crippen molar-refractivity contribution in [2.45, 2.75) is 25.2 Å². The van der Waals surface area contributed by atoms with Gasteiger partial charge in [-0.2, -0.15) is 0 Å². The van der Waals surface area contributed by atoms with Crippen molar-refractivity contribution >= 4 is 21.1 Å². The summed E-state index contributed by atoms with van der Waals surface area (Å²) in [6.45, 7) is 3.85. The third kappa shape index (κ3) is 2.12. The van der Waals surface area contributed by atoms with Gasteiger partial charge >= 0.3 is 0 Å². The van der Waals surface area contributed by atoms with E-state index in [0.717, 1.165) is 23.1 Å². The number of benzene rings is 1.